The third kappa shape index (κ3) is 7.03. The zero-order chi connectivity index (χ0) is 27.0. The molecule has 0 bridgehead atoms. The second-order valence-electron chi connectivity index (χ2n) is 9.21. The van der Waals surface area contributed by atoms with Crippen molar-refractivity contribution in [3.05, 3.63) is 83.7 Å². The van der Waals surface area contributed by atoms with E-state index in [-0.39, 0.29) is 18.1 Å². The standard InChI is InChI=1S/C28H33FN4O4/c1-6-28(2,3)32-26(34)25(20-8-10-21(29)11-9-20)33(27(35)22-18-30-14-15-31-22)16-13-19-7-12-23(36-4)24(17-19)37-5/h7-12,14-15,17-18,25H,6,13,16H2,1-5H3,(H,32,34)/t25-/m1/s1. The molecular weight excluding hydrogens is 475 g/mol. The Hall–Kier alpha value is -4.01. The van der Waals surface area contributed by atoms with Crippen LogP contribution in [0.3, 0.4) is 0 Å². The van der Waals surface area contributed by atoms with E-state index in [9.17, 15) is 14.0 Å². The molecule has 0 aliphatic carbocycles. The van der Waals surface area contributed by atoms with Crippen LogP contribution in [-0.2, 0) is 11.2 Å². The van der Waals surface area contributed by atoms with Crippen LogP contribution >= 0.6 is 0 Å². The van der Waals surface area contributed by atoms with Gasteiger partial charge in [0.1, 0.15) is 17.6 Å². The van der Waals surface area contributed by atoms with Gasteiger partial charge in [-0.2, -0.15) is 0 Å². The Morgan fingerprint density at radius 1 is 1.05 bits per heavy atom. The molecule has 0 radical (unpaired) electrons. The number of methoxy groups -OCH3 is 2. The highest BCUT2D eigenvalue weighted by atomic mass is 19.1. The van der Waals surface area contributed by atoms with Gasteiger partial charge in [0.15, 0.2) is 11.5 Å². The van der Waals surface area contributed by atoms with Crippen LogP contribution in [-0.4, -0.2) is 53.0 Å². The fourth-order valence-corrected chi connectivity index (χ4v) is 3.80. The average molecular weight is 509 g/mol. The third-order valence-corrected chi connectivity index (χ3v) is 6.22. The van der Waals surface area contributed by atoms with Crippen molar-refractivity contribution in [3.8, 4) is 11.5 Å². The number of ether oxygens (including phenoxy) is 2. The summed E-state index contributed by atoms with van der Waals surface area (Å²) in [4.78, 5) is 37.1. The summed E-state index contributed by atoms with van der Waals surface area (Å²) in [7, 11) is 3.11. The zero-order valence-electron chi connectivity index (χ0n) is 21.8. The van der Waals surface area contributed by atoms with Crippen LogP contribution < -0.4 is 14.8 Å². The molecule has 2 aromatic carbocycles. The number of amides is 2. The van der Waals surface area contributed by atoms with Gasteiger partial charge < -0.3 is 19.7 Å². The molecule has 9 heteroatoms. The van der Waals surface area contributed by atoms with E-state index < -0.39 is 23.3 Å². The summed E-state index contributed by atoms with van der Waals surface area (Å²) in [5.74, 6) is -0.127. The van der Waals surface area contributed by atoms with Crippen molar-refractivity contribution in [1.29, 1.82) is 0 Å². The number of rotatable bonds is 11. The largest absolute Gasteiger partial charge is 0.493 e. The van der Waals surface area contributed by atoms with Crippen LogP contribution in [0.2, 0.25) is 0 Å². The van der Waals surface area contributed by atoms with E-state index >= 15 is 0 Å². The summed E-state index contributed by atoms with van der Waals surface area (Å²) in [6, 6.07) is 10.1. The topological polar surface area (TPSA) is 93.7 Å². The van der Waals surface area contributed by atoms with E-state index in [4.69, 9.17) is 9.47 Å². The molecule has 8 nitrogen and oxygen atoms in total. The average Bonchev–Trinajstić information content (AvgIpc) is 2.91. The van der Waals surface area contributed by atoms with Gasteiger partial charge >= 0.3 is 0 Å². The van der Waals surface area contributed by atoms with Crippen molar-refractivity contribution < 1.29 is 23.5 Å². The van der Waals surface area contributed by atoms with Crippen LogP contribution in [0.1, 0.15) is 54.8 Å². The molecule has 0 spiro atoms. The molecule has 0 aliphatic heterocycles. The van der Waals surface area contributed by atoms with Gasteiger partial charge in [0.2, 0.25) is 5.91 Å². The Morgan fingerprint density at radius 2 is 1.76 bits per heavy atom. The predicted octanol–water partition coefficient (Wildman–Crippen LogP) is 4.36. The summed E-state index contributed by atoms with van der Waals surface area (Å²) in [5, 5.41) is 3.04. The molecule has 1 heterocycles. The van der Waals surface area contributed by atoms with Crippen LogP contribution in [0.4, 0.5) is 4.39 Å². The fraction of sp³-hybridized carbons (Fsp3) is 0.357. The molecule has 0 saturated heterocycles. The summed E-state index contributed by atoms with van der Waals surface area (Å²) in [6.45, 7) is 5.95. The van der Waals surface area contributed by atoms with Crippen molar-refractivity contribution in [3.63, 3.8) is 0 Å². The smallest absolute Gasteiger partial charge is 0.275 e. The molecule has 1 atom stereocenters. The Morgan fingerprint density at radius 3 is 2.35 bits per heavy atom. The van der Waals surface area contributed by atoms with Crippen molar-refractivity contribution >= 4 is 11.8 Å². The second kappa shape index (κ2) is 12.3. The number of hydrogen-bond donors (Lipinski definition) is 1. The number of halogens is 1. The first-order valence-electron chi connectivity index (χ1n) is 12.0. The first kappa shape index (κ1) is 27.6. The second-order valence-corrected chi connectivity index (χ2v) is 9.21. The molecule has 3 rings (SSSR count). The van der Waals surface area contributed by atoms with E-state index in [0.29, 0.717) is 29.9 Å². The normalized spacial score (nSPS) is 11.9. The lowest BCUT2D eigenvalue weighted by molar-refractivity contribution is -0.127. The lowest BCUT2D eigenvalue weighted by atomic mass is 9.98. The van der Waals surface area contributed by atoms with Crippen LogP contribution in [0, 0.1) is 5.82 Å². The van der Waals surface area contributed by atoms with Crippen molar-refractivity contribution in [2.45, 2.75) is 45.2 Å². The maximum atomic E-state index is 13.8. The first-order valence-corrected chi connectivity index (χ1v) is 12.0. The summed E-state index contributed by atoms with van der Waals surface area (Å²) in [5.41, 5.74) is 0.946. The number of nitrogens with zero attached hydrogens (tertiary/aromatic N) is 3. The van der Waals surface area contributed by atoms with E-state index in [0.717, 1.165) is 5.56 Å². The van der Waals surface area contributed by atoms with Gasteiger partial charge in [0, 0.05) is 24.5 Å². The van der Waals surface area contributed by atoms with E-state index in [2.05, 4.69) is 15.3 Å². The molecule has 0 fully saturated rings. The number of aromatic nitrogens is 2. The van der Waals surface area contributed by atoms with Crippen molar-refractivity contribution in [2.75, 3.05) is 20.8 Å². The Labute approximate surface area is 216 Å². The van der Waals surface area contributed by atoms with Crippen LogP contribution in [0.15, 0.2) is 61.1 Å². The minimum absolute atomic E-state index is 0.101. The SMILES string of the molecule is CCC(C)(C)NC(=O)[C@@H](c1ccc(F)cc1)N(CCc1ccc(OC)c(OC)c1)C(=O)c1cnccn1. The number of carbonyl (C=O) groups excluding carboxylic acids is 2. The maximum absolute atomic E-state index is 13.8. The predicted molar refractivity (Wildman–Crippen MR) is 138 cm³/mol. The molecule has 3 aromatic rings. The van der Waals surface area contributed by atoms with Gasteiger partial charge in [-0.25, -0.2) is 9.37 Å². The molecule has 0 aliphatic rings. The quantitative estimate of drug-likeness (QED) is 0.414. The lowest BCUT2D eigenvalue weighted by Crippen LogP contribution is -2.50. The van der Waals surface area contributed by atoms with Gasteiger partial charge in [-0.3, -0.25) is 14.6 Å². The van der Waals surface area contributed by atoms with E-state index in [1.54, 1.807) is 20.3 Å². The van der Waals surface area contributed by atoms with Gasteiger partial charge in [-0.15, -0.1) is 0 Å². The van der Waals surface area contributed by atoms with Gasteiger partial charge in [0.05, 0.1) is 20.4 Å². The molecule has 37 heavy (non-hydrogen) atoms. The monoisotopic (exact) mass is 508 g/mol. The summed E-state index contributed by atoms with van der Waals surface area (Å²) < 4.78 is 24.5. The number of nitrogens with one attached hydrogen (secondary N) is 1. The molecule has 0 saturated carbocycles. The highest BCUT2D eigenvalue weighted by molar-refractivity contribution is 5.96. The van der Waals surface area contributed by atoms with Gasteiger partial charge in [-0.05, 0) is 62.1 Å². The molecule has 1 N–H and O–H groups in total. The summed E-state index contributed by atoms with van der Waals surface area (Å²) >= 11 is 0. The number of benzene rings is 2. The van der Waals surface area contributed by atoms with Crippen molar-refractivity contribution in [2.24, 2.45) is 0 Å². The van der Waals surface area contributed by atoms with Crippen LogP contribution in [0.25, 0.3) is 0 Å². The van der Waals surface area contributed by atoms with Crippen molar-refractivity contribution in [1.82, 2.24) is 20.2 Å². The van der Waals surface area contributed by atoms with Gasteiger partial charge in [0.25, 0.3) is 5.91 Å². The van der Waals surface area contributed by atoms with Gasteiger partial charge in [-0.1, -0.05) is 25.1 Å². The molecule has 2 amide bonds. The highest BCUT2D eigenvalue weighted by Gasteiger charge is 2.34. The Kier molecular flexibility index (Phi) is 9.16. The molecule has 1 aromatic heterocycles. The molecular formula is C28H33FN4O4. The number of hydrogen-bond acceptors (Lipinski definition) is 6. The minimum atomic E-state index is -1.03. The molecule has 0 unspecified atom stereocenters. The molecule has 196 valence electrons. The third-order valence-electron chi connectivity index (χ3n) is 6.22. The number of carbonyl (C=O) groups is 2. The lowest BCUT2D eigenvalue weighted by Gasteiger charge is -2.34. The Bertz CT molecular complexity index is 1200. The zero-order valence-corrected chi connectivity index (χ0v) is 21.8. The Balaban J connectivity index is 2.04. The highest BCUT2D eigenvalue weighted by Crippen LogP contribution is 2.29. The minimum Gasteiger partial charge on any atom is -0.493 e. The maximum Gasteiger partial charge on any atom is 0.275 e. The van der Waals surface area contributed by atoms with Crippen LogP contribution in [0.5, 0.6) is 11.5 Å². The fourth-order valence-electron chi connectivity index (χ4n) is 3.80. The summed E-state index contributed by atoms with van der Waals surface area (Å²) in [6.07, 6.45) is 5.35. The first-order chi connectivity index (χ1) is 17.7. The van der Waals surface area contributed by atoms with E-state index in [1.807, 2.05) is 32.9 Å². The van der Waals surface area contributed by atoms with E-state index in [1.165, 1.54) is 47.8 Å².